The number of nitrogens with zero attached hydrogens (tertiary/aromatic N) is 2. The summed E-state index contributed by atoms with van der Waals surface area (Å²) in [6.07, 6.45) is 2.07. The van der Waals surface area contributed by atoms with Crippen molar-refractivity contribution in [2.75, 3.05) is 0 Å². The average molecular weight is 274 g/mol. The van der Waals surface area contributed by atoms with Gasteiger partial charge in [-0.3, -0.25) is 0 Å². The van der Waals surface area contributed by atoms with Gasteiger partial charge in [0.15, 0.2) is 0 Å². The van der Waals surface area contributed by atoms with E-state index in [0.29, 0.717) is 11.5 Å². The highest BCUT2D eigenvalue weighted by atomic mass is 32.1. The third-order valence-electron chi connectivity index (χ3n) is 3.27. The van der Waals surface area contributed by atoms with E-state index in [1.165, 1.54) is 0 Å². The lowest BCUT2D eigenvalue weighted by Gasteiger charge is -2.06. The molecular formula is C14H14N2O2S. The Bertz CT molecular complexity index is 659. The Morgan fingerprint density at radius 1 is 1.32 bits per heavy atom. The molecule has 2 heterocycles. The number of hydrogen-bond acceptors (Lipinski definition) is 4. The number of aromatic carboxylic acids is 1. The molecule has 0 atom stereocenters. The van der Waals surface area contributed by atoms with Crippen molar-refractivity contribution in [2.45, 2.75) is 32.6 Å². The van der Waals surface area contributed by atoms with E-state index < -0.39 is 5.97 Å². The van der Waals surface area contributed by atoms with E-state index in [1.54, 1.807) is 23.5 Å². The second-order valence-corrected chi connectivity index (χ2v) is 6.25. The van der Waals surface area contributed by atoms with Crippen LogP contribution in [-0.4, -0.2) is 21.0 Å². The minimum Gasteiger partial charge on any atom is -0.478 e. The first-order valence-electron chi connectivity index (χ1n) is 6.25. The summed E-state index contributed by atoms with van der Waals surface area (Å²) >= 11 is 1.64. The van der Waals surface area contributed by atoms with Gasteiger partial charge in [0.05, 0.1) is 22.0 Å². The monoisotopic (exact) mass is 274 g/mol. The smallest absolute Gasteiger partial charge is 0.337 e. The second-order valence-electron chi connectivity index (χ2n) is 4.85. The molecule has 19 heavy (non-hydrogen) atoms. The fourth-order valence-corrected chi connectivity index (χ4v) is 3.05. The lowest BCUT2D eigenvalue weighted by Crippen LogP contribution is -2.05. The van der Waals surface area contributed by atoms with Crippen molar-refractivity contribution in [2.24, 2.45) is 0 Å². The van der Waals surface area contributed by atoms with Gasteiger partial charge >= 0.3 is 5.97 Å². The van der Waals surface area contributed by atoms with Crippen molar-refractivity contribution in [3.63, 3.8) is 0 Å². The number of rotatable bonds is 3. The zero-order valence-corrected chi connectivity index (χ0v) is 11.6. The predicted octanol–water partition coefficient (Wildman–Crippen LogP) is 3.40. The minimum absolute atomic E-state index is 0.311. The Labute approximate surface area is 115 Å². The Balaban J connectivity index is 2.11. The molecule has 0 saturated heterocycles. The summed E-state index contributed by atoms with van der Waals surface area (Å²) < 4.78 is 0. The van der Waals surface area contributed by atoms with Crippen molar-refractivity contribution >= 4 is 17.3 Å². The number of hydrogen-bond donors (Lipinski definition) is 1. The fourth-order valence-electron chi connectivity index (χ4n) is 2.22. The van der Waals surface area contributed by atoms with Crippen LogP contribution in [0.15, 0.2) is 12.1 Å². The van der Waals surface area contributed by atoms with Crippen molar-refractivity contribution in [1.29, 1.82) is 0 Å². The highest BCUT2D eigenvalue weighted by molar-refractivity contribution is 7.11. The van der Waals surface area contributed by atoms with E-state index in [9.17, 15) is 9.90 Å². The van der Waals surface area contributed by atoms with Gasteiger partial charge in [-0.25, -0.2) is 14.8 Å². The van der Waals surface area contributed by atoms with Gasteiger partial charge in [-0.05, 0) is 38.8 Å². The number of carboxylic acid groups (broad SMARTS) is 1. The molecule has 2 aromatic rings. The van der Waals surface area contributed by atoms with E-state index in [2.05, 4.69) is 9.97 Å². The lowest BCUT2D eigenvalue weighted by atomic mass is 10.1. The first-order valence-corrected chi connectivity index (χ1v) is 7.06. The van der Waals surface area contributed by atoms with Gasteiger partial charge in [0.2, 0.25) is 0 Å². The Kier molecular flexibility index (Phi) is 2.86. The summed E-state index contributed by atoms with van der Waals surface area (Å²) in [6.45, 7) is 3.98. The second kappa shape index (κ2) is 4.42. The quantitative estimate of drug-likeness (QED) is 0.931. The molecule has 5 heteroatoms. The molecule has 4 nitrogen and oxygen atoms in total. The van der Waals surface area contributed by atoms with Crippen LogP contribution in [0.3, 0.4) is 0 Å². The number of aromatic nitrogens is 2. The molecule has 0 spiro atoms. The topological polar surface area (TPSA) is 63.1 Å². The van der Waals surface area contributed by atoms with Gasteiger partial charge in [-0.2, -0.15) is 0 Å². The molecule has 2 aromatic heterocycles. The number of carboxylic acids is 1. The van der Waals surface area contributed by atoms with Crippen LogP contribution in [0.4, 0.5) is 0 Å². The van der Waals surface area contributed by atoms with Crippen molar-refractivity contribution in [3.8, 4) is 11.4 Å². The molecule has 0 aromatic carbocycles. The third-order valence-corrected chi connectivity index (χ3v) is 4.15. The Morgan fingerprint density at radius 3 is 2.58 bits per heavy atom. The summed E-state index contributed by atoms with van der Waals surface area (Å²) in [7, 11) is 0. The van der Waals surface area contributed by atoms with Crippen molar-refractivity contribution < 1.29 is 9.90 Å². The summed E-state index contributed by atoms with van der Waals surface area (Å²) in [5, 5.41) is 10.2. The van der Waals surface area contributed by atoms with Gasteiger partial charge < -0.3 is 5.11 Å². The molecule has 1 N–H and O–H groups in total. The summed E-state index contributed by atoms with van der Waals surface area (Å²) in [6, 6.07) is 3.42. The molecule has 1 aliphatic rings. The fraction of sp³-hybridized carbons (Fsp3) is 0.357. The standard InChI is InChI=1S/C14H14N2O2S/c1-7-12(15-8(2)19-7)11-6-5-10(14(17)18)13(16-11)9-3-4-9/h5-6,9H,3-4H2,1-2H3,(H,17,18). The predicted molar refractivity (Wildman–Crippen MR) is 73.8 cm³/mol. The molecule has 0 unspecified atom stereocenters. The average Bonchev–Trinajstić information content (AvgIpc) is 3.14. The molecule has 1 aliphatic carbocycles. The molecule has 1 fully saturated rings. The maximum Gasteiger partial charge on any atom is 0.337 e. The van der Waals surface area contributed by atoms with Gasteiger partial charge in [0.1, 0.15) is 5.69 Å². The van der Waals surface area contributed by atoms with E-state index in [1.807, 2.05) is 13.8 Å². The number of pyridine rings is 1. The summed E-state index contributed by atoms with van der Waals surface area (Å²) in [4.78, 5) is 21.4. The lowest BCUT2D eigenvalue weighted by molar-refractivity contribution is 0.0695. The van der Waals surface area contributed by atoms with Crippen molar-refractivity contribution in [3.05, 3.63) is 33.3 Å². The number of aryl methyl sites for hydroxylation is 2. The van der Waals surface area contributed by atoms with Crippen LogP contribution in [-0.2, 0) is 0 Å². The third kappa shape index (κ3) is 2.26. The number of thiazole rings is 1. The molecule has 1 saturated carbocycles. The molecule has 0 radical (unpaired) electrons. The van der Waals surface area contributed by atoms with Gasteiger partial charge in [0.25, 0.3) is 0 Å². The molecular weight excluding hydrogens is 260 g/mol. The largest absolute Gasteiger partial charge is 0.478 e. The van der Waals surface area contributed by atoms with E-state index >= 15 is 0 Å². The minimum atomic E-state index is -0.896. The molecule has 0 bridgehead atoms. The van der Waals surface area contributed by atoms with Gasteiger partial charge in [-0.1, -0.05) is 0 Å². The zero-order valence-electron chi connectivity index (χ0n) is 10.8. The maximum absolute atomic E-state index is 11.2. The Hall–Kier alpha value is -1.75. The maximum atomic E-state index is 11.2. The van der Waals surface area contributed by atoms with Crippen LogP contribution in [0.1, 0.15) is 44.7 Å². The van der Waals surface area contributed by atoms with Crippen LogP contribution < -0.4 is 0 Å². The van der Waals surface area contributed by atoms with Crippen LogP contribution in [0.2, 0.25) is 0 Å². The molecule has 0 amide bonds. The van der Waals surface area contributed by atoms with Crippen LogP contribution in [0.25, 0.3) is 11.4 Å². The van der Waals surface area contributed by atoms with Gasteiger partial charge in [0, 0.05) is 10.8 Å². The first kappa shape index (κ1) is 12.3. The van der Waals surface area contributed by atoms with E-state index in [-0.39, 0.29) is 0 Å². The zero-order chi connectivity index (χ0) is 13.6. The summed E-state index contributed by atoms with van der Waals surface area (Å²) in [5.74, 6) is -0.585. The molecule has 3 rings (SSSR count). The molecule has 98 valence electrons. The van der Waals surface area contributed by atoms with Crippen LogP contribution in [0.5, 0.6) is 0 Å². The van der Waals surface area contributed by atoms with E-state index in [4.69, 9.17) is 0 Å². The molecule has 0 aliphatic heterocycles. The van der Waals surface area contributed by atoms with Crippen LogP contribution >= 0.6 is 11.3 Å². The van der Waals surface area contributed by atoms with Crippen LogP contribution in [0, 0.1) is 13.8 Å². The Morgan fingerprint density at radius 2 is 2.05 bits per heavy atom. The number of carbonyl (C=O) groups is 1. The van der Waals surface area contributed by atoms with Gasteiger partial charge in [-0.15, -0.1) is 11.3 Å². The summed E-state index contributed by atoms with van der Waals surface area (Å²) in [5.41, 5.74) is 2.71. The van der Waals surface area contributed by atoms with Crippen molar-refractivity contribution in [1.82, 2.24) is 9.97 Å². The SMILES string of the molecule is Cc1nc(-c2ccc(C(=O)O)c(C3CC3)n2)c(C)s1. The van der Waals surface area contributed by atoms with E-state index in [0.717, 1.165) is 39.8 Å². The normalized spacial score (nSPS) is 14.6. The first-order chi connectivity index (χ1) is 9.06. The highest BCUT2D eigenvalue weighted by Gasteiger charge is 2.30. The highest BCUT2D eigenvalue weighted by Crippen LogP contribution is 2.41.